The van der Waals surface area contributed by atoms with E-state index in [2.05, 4.69) is 29.2 Å². The van der Waals surface area contributed by atoms with E-state index in [0.29, 0.717) is 5.78 Å². The molecule has 1 heterocycles. The first-order valence-corrected chi connectivity index (χ1v) is 5.54. The minimum atomic E-state index is 0.158. The molecule has 0 N–H and O–H groups in total. The molecule has 80 valence electrons. The summed E-state index contributed by atoms with van der Waals surface area (Å²) in [7, 11) is 2.04. The van der Waals surface area contributed by atoms with E-state index in [9.17, 15) is 4.79 Å². The summed E-state index contributed by atoms with van der Waals surface area (Å²) in [6.45, 7) is 0.929. The van der Waals surface area contributed by atoms with Gasteiger partial charge in [-0.3, -0.25) is 9.69 Å². The summed E-state index contributed by atoms with van der Waals surface area (Å²) < 4.78 is 0. The standard InChI is InChI=1S/C13H17NO/c1-14-10-9-13(15)12(14)8-7-11-5-3-2-4-6-11/h2-6,12H,7-10H2,1H3. The zero-order valence-electron chi connectivity index (χ0n) is 9.15. The molecule has 15 heavy (non-hydrogen) atoms. The van der Waals surface area contributed by atoms with Gasteiger partial charge in [-0.15, -0.1) is 0 Å². The fourth-order valence-electron chi connectivity index (χ4n) is 2.18. The fraction of sp³-hybridized carbons (Fsp3) is 0.462. The molecule has 0 saturated carbocycles. The molecular weight excluding hydrogens is 186 g/mol. The van der Waals surface area contributed by atoms with Crippen LogP contribution in [-0.4, -0.2) is 30.3 Å². The summed E-state index contributed by atoms with van der Waals surface area (Å²) in [5, 5.41) is 0. The quantitative estimate of drug-likeness (QED) is 0.747. The second-order valence-corrected chi connectivity index (χ2v) is 4.24. The maximum atomic E-state index is 11.6. The van der Waals surface area contributed by atoms with Gasteiger partial charge in [-0.25, -0.2) is 0 Å². The molecule has 1 fully saturated rings. The molecule has 0 radical (unpaired) electrons. The Balaban J connectivity index is 1.91. The zero-order valence-corrected chi connectivity index (χ0v) is 9.15. The molecule has 1 saturated heterocycles. The largest absolute Gasteiger partial charge is 0.298 e. The smallest absolute Gasteiger partial charge is 0.151 e. The molecule has 1 aliphatic heterocycles. The van der Waals surface area contributed by atoms with Crippen LogP contribution in [-0.2, 0) is 11.2 Å². The topological polar surface area (TPSA) is 20.3 Å². The molecule has 2 heteroatoms. The van der Waals surface area contributed by atoms with Crippen LogP contribution < -0.4 is 0 Å². The minimum Gasteiger partial charge on any atom is -0.298 e. The number of benzene rings is 1. The van der Waals surface area contributed by atoms with Crippen molar-refractivity contribution in [3.8, 4) is 0 Å². The van der Waals surface area contributed by atoms with Gasteiger partial charge in [-0.2, -0.15) is 0 Å². The van der Waals surface area contributed by atoms with Gasteiger partial charge in [0.25, 0.3) is 0 Å². The molecule has 1 aromatic rings. The average molecular weight is 203 g/mol. The Bertz CT molecular complexity index is 334. The van der Waals surface area contributed by atoms with Crippen molar-refractivity contribution < 1.29 is 4.79 Å². The van der Waals surface area contributed by atoms with Crippen molar-refractivity contribution >= 4 is 5.78 Å². The van der Waals surface area contributed by atoms with Crippen molar-refractivity contribution in [1.29, 1.82) is 0 Å². The molecule has 0 aromatic heterocycles. The Hall–Kier alpha value is -1.15. The molecular formula is C13H17NO. The van der Waals surface area contributed by atoms with Crippen LogP contribution in [0.5, 0.6) is 0 Å². The van der Waals surface area contributed by atoms with Crippen LogP contribution in [0.25, 0.3) is 0 Å². The lowest BCUT2D eigenvalue weighted by atomic mass is 10.0. The van der Waals surface area contributed by atoms with Crippen molar-refractivity contribution in [1.82, 2.24) is 4.90 Å². The summed E-state index contributed by atoms with van der Waals surface area (Å²) in [4.78, 5) is 13.7. The Morgan fingerprint density at radius 1 is 1.33 bits per heavy atom. The number of rotatable bonds is 3. The van der Waals surface area contributed by atoms with Gasteiger partial charge in [-0.05, 0) is 25.5 Å². The maximum Gasteiger partial charge on any atom is 0.151 e. The van der Waals surface area contributed by atoms with Gasteiger partial charge >= 0.3 is 0 Å². The SMILES string of the molecule is CN1CCC(=O)C1CCc1ccccc1. The molecule has 1 atom stereocenters. The lowest BCUT2D eigenvalue weighted by molar-refractivity contribution is -0.119. The molecule has 2 nitrogen and oxygen atoms in total. The number of hydrogen-bond acceptors (Lipinski definition) is 2. The summed E-state index contributed by atoms with van der Waals surface area (Å²) in [6, 6.07) is 10.5. The third-order valence-corrected chi connectivity index (χ3v) is 3.16. The van der Waals surface area contributed by atoms with E-state index in [-0.39, 0.29) is 6.04 Å². The monoisotopic (exact) mass is 203 g/mol. The number of likely N-dealkylation sites (N-methyl/N-ethyl adjacent to an activating group) is 1. The predicted molar refractivity (Wildman–Crippen MR) is 60.8 cm³/mol. The number of carbonyl (C=O) groups is 1. The Labute approximate surface area is 90.9 Å². The predicted octanol–water partition coefficient (Wildman–Crippen LogP) is 1.89. The first-order chi connectivity index (χ1) is 7.27. The fourth-order valence-corrected chi connectivity index (χ4v) is 2.18. The number of nitrogens with zero attached hydrogens (tertiary/aromatic N) is 1. The summed E-state index contributed by atoms with van der Waals surface area (Å²) in [5.74, 6) is 0.411. The molecule has 1 aromatic carbocycles. The van der Waals surface area contributed by atoms with Crippen molar-refractivity contribution in [3.05, 3.63) is 35.9 Å². The van der Waals surface area contributed by atoms with Gasteiger partial charge in [0, 0.05) is 13.0 Å². The number of ketones is 1. The second kappa shape index (κ2) is 4.58. The molecule has 1 aliphatic rings. The number of Topliss-reactive ketones (excluding diaryl/α,β-unsaturated/α-hetero) is 1. The van der Waals surface area contributed by atoms with Gasteiger partial charge in [0.2, 0.25) is 0 Å². The summed E-state index contributed by atoms with van der Waals surface area (Å²) in [6.07, 6.45) is 2.69. The molecule has 0 amide bonds. The van der Waals surface area contributed by atoms with Crippen LogP contribution in [0.4, 0.5) is 0 Å². The molecule has 1 unspecified atom stereocenters. The van der Waals surface area contributed by atoms with E-state index in [0.717, 1.165) is 25.8 Å². The lowest BCUT2D eigenvalue weighted by Gasteiger charge is -2.17. The van der Waals surface area contributed by atoms with Crippen molar-refractivity contribution in [3.63, 3.8) is 0 Å². The van der Waals surface area contributed by atoms with Gasteiger partial charge in [-0.1, -0.05) is 30.3 Å². The molecule has 0 spiro atoms. The summed E-state index contributed by atoms with van der Waals surface area (Å²) >= 11 is 0. The van der Waals surface area contributed by atoms with E-state index in [4.69, 9.17) is 0 Å². The second-order valence-electron chi connectivity index (χ2n) is 4.24. The van der Waals surface area contributed by atoms with Crippen molar-refractivity contribution in [2.75, 3.05) is 13.6 Å². The van der Waals surface area contributed by atoms with Gasteiger partial charge in [0.15, 0.2) is 5.78 Å². The Morgan fingerprint density at radius 3 is 2.67 bits per heavy atom. The van der Waals surface area contributed by atoms with Crippen molar-refractivity contribution in [2.45, 2.75) is 25.3 Å². The van der Waals surface area contributed by atoms with Gasteiger partial charge < -0.3 is 0 Å². The highest BCUT2D eigenvalue weighted by Gasteiger charge is 2.28. The van der Waals surface area contributed by atoms with Crippen LogP contribution in [0.3, 0.4) is 0 Å². The van der Waals surface area contributed by atoms with Crippen molar-refractivity contribution in [2.24, 2.45) is 0 Å². The zero-order chi connectivity index (χ0) is 10.7. The van der Waals surface area contributed by atoms with Crippen LogP contribution >= 0.6 is 0 Å². The Kier molecular flexibility index (Phi) is 3.17. The molecule has 0 aliphatic carbocycles. The van der Waals surface area contributed by atoms with Gasteiger partial charge in [0.1, 0.15) is 0 Å². The maximum absolute atomic E-state index is 11.6. The Morgan fingerprint density at radius 2 is 2.07 bits per heavy atom. The first kappa shape index (κ1) is 10.4. The van der Waals surface area contributed by atoms with E-state index in [1.54, 1.807) is 0 Å². The average Bonchev–Trinajstić information content (AvgIpc) is 2.58. The van der Waals surface area contributed by atoms with Crippen LogP contribution in [0.1, 0.15) is 18.4 Å². The molecule has 2 rings (SSSR count). The highest BCUT2D eigenvalue weighted by atomic mass is 16.1. The summed E-state index contributed by atoms with van der Waals surface area (Å²) in [5.41, 5.74) is 1.32. The number of hydrogen-bond donors (Lipinski definition) is 0. The lowest BCUT2D eigenvalue weighted by Crippen LogP contribution is -2.29. The molecule has 0 bridgehead atoms. The van der Waals surface area contributed by atoms with Crippen LogP contribution in [0.15, 0.2) is 30.3 Å². The number of likely N-dealkylation sites (tertiary alicyclic amines) is 1. The highest BCUT2D eigenvalue weighted by Crippen LogP contribution is 2.16. The van der Waals surface area contributed by atoms with Crippen LogP contribution in [0, 0.1) is 0 Å². The number of aryl methyl sites for hydroxylation is 1. The minimum absolute atomic E-state index is 0.158. The van der Waals surface area contributed by atoms with E-state index in [1.165, 1.54) is 5.56 Å². The van der Waals surface area contributed by atoms with E-state index >= 15 is 0 Å². The third-order valence-electron chi connectivity index (χ3n) is 3.16. The van der Waals surface area contributed by atoms with E-state index < -0.39 is 0 Å². The van der Waals surface area contributed by atoms with E-state index in [1.807, 2.05) is 13.1 Å². The van der Waals surface area contributed by atoms with Crippen LogP contribution in [0.2, 0.25) is 0 Å². The normalized spacial score (nSPS) is 22.2. The van der Waals surface area contributed by atoms with Gasteiger partial charge in [0.05, 0.1) is 6.04 Å². The number of carbonyl (C=O) groups excluding carboxylic acids is 1. The highest BCUT2D eigenvalue weighted by molar-refractivity contribution is 5.86. The third kappa shape index (κ3) is 2.45. The first-order valence-electron chi connectivity index (χ1n) is 5.54.